The van der Waals surface area contributed by atoms with Crippen LogP contribution in [0.5, 0.6) is 5.75 Å². The summed E-state index contributed by atoms with van der Waals surface area (Å²) in [6, 6.07) is 7.06. The number of rotatable bonds is 5. The second-order valence-corrected chi connectivity index (χ2v) is 3.23. The molecule has 0 aromatic heterocycles. The Kier molecular flexibility index (Phi) is 4.49. The van der Waals surface area contributed by atoms with Gasteiger partial charge in [0.05, 0.1) is 31.8 Å². The lowest BCUT2D eigenvalue weighted by atomic mass is 10.0. The van der Waals surface area contributed by atoms with E-state index in [9.17, 15) is 4.79 Å². The van der Waals surface area contributed by atoms with Crippen molar-refractivity contribution in [1.29, 1.82) is 5.26 Å². The molecule has 16 heavy (non-hydrogen) atoms. The molecule has 84 valence electrons. The highest BCUT2D eigenvalue weighted by Crippen LogP contribution is 2.21. The molecule has 0 radical (unpaired) electrons. The van der Waals surface area contributed by atoms with Gasteiger partial charge in [0.1, 0.15) is 5.75 Å². The third-order valence-corrected chi connectivity index (χ3v) is 2.11. The molecule has 4 nitrogen and oxygen atoms in total. The molecular formula is C12H13NO3. The quantitative estimate of drug-likeness (QED) is 0.710. The fraction of sp³-hybridized carbons (Fsp3) is 0.333. The molecule has 0 aliphatic carbocycles. The van der Waals surface area contributed by atoms with E-state index in [1.54, 1.807) is 19.2 Å². The first-order valence-electron chi connectivity index (χ1n) is 4.79. The van der Waals surface area contributed by atoms with Crippen molar-refractivity contribution in [2.24, 2.45) is 0 Å². The number of nitriles is 1. The number of hydrogen-bond acceptors (Lipinski definition) is 4. The summed E-state index contributed by atoms with van der Waals surface area (Å²) in [5.74, 6) is 0.248. The van der Waals surface area contributed by atoms with Crippen molar-refractivity contribution in [2.45, 2.75) is 13.0 Å². The molecule has 0 saturated carbocycles. The molecule has 0 fully saturated rings. The fourth-order valence-corrected chi connectivity index (χ4v) is 1.40. The molecule has 0 spiro atoms. The van der Waals surface area contributed by atoms with Crippen LogP contribution in [0.1, 0.15) is 22.3 Å². The number of carbonyl (C=O) groups excluding carboxylic acids is 1. The molecule has 0 saturated heterocycles. The summed E-state index contributed by atoms with van der Waals surface area (Å²) in [6.45, 7) is 0.427. The van der Waals surface area contributed by atoms with Crippen molar-refractivity contribution in [2.75, 3.05) is 14.2 Å². The molecule has 1 rings (SSSR count). The topological polar surface area (TPSA) is 59.3 Å². The summed E-state index contributed by atoms with van der Waals surface area (Å²) in [4.78, 5) is 11.6. The zero-order chi connectivity index (χ0) is 12.0. The Morgan fingerprint density at radius 1 is 1.44 bits per heavy atom. The Balaban J connectivity index is 3.07. The summed E-state index contributed by atoms with van der Waals surface area (Å²) in [5, 5.41) is 8.50. The Bertz CT molecular complexity index is 421. The van der Waals surface area contributed by atoms with E-state index in [-0.39, 0.29) is 12.2 Å². The Morgan fingerprint density at radius 2 is 2.19 bits per heavy atom. The average Bonchev–Trinajstić information content (AvgIpc) is 2.30. The van der Waals surface area contributed by atoms with Gasteiger partial charge in [-0.1, -0.05) is 6.07 Å². The molecule has 1 aromatic carbocycles. The van der Waals surface area contributed by atoms with Gasteiger partial charge in [0, 0.05) is 7.11 Å². The lowest BCUT2D eigenvalue weighted by Gasteiger charge is -2.08. The van der Waals surface area contributed by atoms with E-state index in [0.717, 1.165) is 5.56 Å². The van der Waals surface area contributed by atoms with Gasteiger partial charge in [0.2, 0.25) is 0 Å². The minimum atomic E-state index is -0.239. The van der Waals surface area contributed by atoms with E-state index in [1.807, 2.05) is 12.1 Å². The van der Waals surface area contributed by atoms with Gasteiger partial charge in [-0.2, -0.15) is 5.26 Å². The predicted octanol–water partition coefficient (Wildman–Crippen LogP) is 1.94. The molecule has 0 bridgehead atoms. The van der Waals surface area contributed by atoms with Crippen LogP contribution in [0.15, 0.2) is 18.2 Å². The first kappa shape index (κ1) is 12.2. The molecular weight excluding hydrogens is 206 g/mol. The number of ketones is 1. The number of methoxy groups -OCH3 is 2. The lowest BCUT2D eigenvalue weighted by Crippen LogP contribution is -2.02. The number of nitrogens with zero attached hydrogens (tertiary/aromatic N) is 1. The summed E-state index contributed by atoms with van der Waals surface area (Å²) >= 11 is 0. The largest absolute Gasteiger partial charge is 0.496 e. The van der Waals surface area contributed by atoms with Gasteiger partial charge < -0.3 is 9.47 Å². The number of hydrogen-bond donors (Lipinski definition) is 0. The van der Waals surface area contributed by atoms with Crippen molar-refractivity contribution in [3.8, 4) is 11.8 Å². The van der Waals surface area contributed by atoms with Gasteiger partial charge in [0.25, 0.3) is 0 Å². The highest BCUT2D eigenvalue weighted by Gasteiger charge is 2.12. The van der Waals surface area contributed by atoms with E-state index in [1.165, 1.54) is 7.11 Å². The number of Topliss-reactive ketones (excluding diaryl/α,β-unsaturated/α-hetero) is 1. The predicted molar refractivity (Wildman–Crippen MR) is 58.3 cm³/mol. The van der Waals surface area contributed by atoms with E-state index < -0.39 is 0 Å². The van der Waals surface area contributed by atoms with Crippen molar-refractivity contribution < 1.29 is 14.3 Å². The molecule has 0 amide bonds. The SMILES string of the molecule is COCc1ccc(OC)c(C(=O)CC#N)c1. The molecule has 4 heteroatoms. The third kappa shape index (κ3) is 2.81. The van der Waals surface area contributed by atoms with Gasteiger partial charge in [-0.25, -0.2) is 0 Å². The number of carbonyl (C=O) groups is 1. The van der Waals surface area contributed by atoms with Crippen LogP contribution < -0.4 is 4.74 Å². The minimum Gasteiger partial charge on any atom is -0.496 e. The van der Waals surface area contributed by atoms with Gasteiger partial charge >= 0.3 is 0 Å². The average molecular weight is 219 g/mol. The Labute approximate surface area is 94.4 Å². The van der Waals surface area contributed by atoms with Gasteiger partial charge in [-0.3, -0.25) is 4.79 Å². The summed E-state index contributed by atoms with van der Waals surface area (Å²) in [6.07, 6.45) is -0.146. The maximum atomic E-state index is 11.6. The van der Waals surface area contributed by atoms with Crippen LogP contribution in [0.3, 0.4) is 0 Å². The van der Waals surface area contributed by atoms with Crippen molar-refractivity contribution in [1.82, 2.24) is 0 Å². The van der Waals surface area contributed by atoms with Crippen LogP contribution in [0.2, 0.25) is 0 Å². The first-order chi connectivity index (χ1) is 7.72. The van der Waals surface area contributed by atoms with E-state index in [0.29, 0.717) is 17.9 Å². The molecule has 0 aliphatic rings. The minimum absolute atomic E-state index is 0.146. The lowest BCUT2D eigenvalue weighted by molar-refractivity contribution is 0.0994. The number of benzene rings is 1. The fourth-order valence-electron chi connectivity index (χ4n) is 1.40. The molecule has 0 atom stereocenters. The van der Waals surface area contributed by atoms with Crippen molar-refractivity contribution in [3.05, 3.63) is 29.3 Å². The number of ether oxygens (including phenoxy) is 2. The molecule has 1 aromatic rings. The van der Waals surface area contributed by atoms with Gasteiger partial charge in [0.15, 0.2) is 5.78 Å². The standard InChI is InChI=1S/C12H13NO3/c1-15-8-9-3-4-12(16-2)10(7-9)11(14)5-6-13/h3-4,7H,5,8H2,1-2H3. The van der Waals surface area contributed by atoms with Crippen LogP contribution in [-0.2, 0) is 11.3 Å². The van der Waals surface area contributed by atoms with Crippen molar-refractivity contribution >= 4 is 5.78 Å². The Hall–Kier alpha value is -1.86. The Morgan fingerprint density at radius 3 is 2.75 bits per heavy atom. The van der Waals surface area contributed by atoms with Crippen LogP contribution in [-0.4, -0.2) is 20.0 Å². The first-order valence-corrected chi connectivity index (χ1v) is 4.79. The summed E-state index contributed by atoms with van der Waals surface area (Å²) in [5.41, 5.74) is 1.31. The zero-order valence-corrected chi connectivity index (χ0v) is 9.32. The smallest absolute Gasteiger partial charge is 0.180 e. The van der Waals surface area contributed by atoms with E-state index in [2.05, 4.69) is 0 Å². The summed E-state index contributed by atoms with van der Waals surface area (Å²) in [7, 11) is 3.08. The third-order valence-electron chi connectivity index (χ3n) is 2.11. The summed E-state index contributed by atoms with van der Waals surface area (Å²) < 4.78 is 10.1. The van der Waals surface area contributed by atoms with Crippen molar-refractivity contribution in [3.63, 3.8) is 0 Å². The van der Waals surface area contributed by atoms with Crippen LogP contribution in [0, 0.1) is 11.3 Å². The zero-order valence-electron chi connectivity index (χ0n) is 9.32. The van der Waals surface area contributed by atoms with E-state index in [4.69, 9.17) is 14.7 Å². The molecule has 0 unspecified atom stereocenters. The van der Waals surface area contributed by atoms with Crippen LogP contribution in [0.4, 0.5) is 0 Å². The molecule has 0 N–H and O–H groups in total. The highest BCUT2D eigenvalue weighted by atomic mass is 16.5. The highest BCUT2D eigenvalue weighted by molar-refractivity contribution is 6.00. The normalized spacial score (nSPS) is 9.56. The second kappa shape index (κ2) is 5.89. The maximum absolute atomic E-state index is 11.6. The van der Waals surface area contributed by atoms with E-state index >= 15 is 0 Å². The van der Waals surface area contributed by atoms with Crippen LogP contribution in [0.25, 0.3) is 0 Å². The molecule has 0 aliphatic heterocycles. The van der Waals surface area contributed by atoms with Gasteiger partial charge in [-0.05, 0) is 17.7 Å². The second-order valence-electron chi connectivity index (χ2n) is 3.23. The molecule has 0 heterocycles. The van der Waals surface area contributed by atoms with Crippen LogP contribution >= 0.6 is 0 Å². The monoisotopic (exact) mass is 219 g/mol. The van der Waals surface area contributed by atoms with Gasteiger partial charge in [-0.15, -0.1) is 0 Å². The maximum Gasteiger partial charge on any atom is 0.180 e.